The number of ether oxygens (including phenoxy) is 1. The van der Waals surface area contributed by atoms with Crippen LogP contribution in [0.5, 0.6) is 11.6 Å². The molecule has 3 aromatic heterocycles. The van der Waals surface area contributed by atoms with Crippen molar-refractivity contribution in [3.05, 3.63) is 54.5 Å². The third-order valence-electron chi connectivity index (χ3n) is 5.71. The van der Waals surface area contributed by atoms with E-state index in [2.05, 4.69) is 19.6 Å². The van der Waals surface area contributed by atoms with Crippen LogP contribution in [0.3, 0.4) is 0 Å². The van der Waals surface area contributed by atoms with Crippen molar-refractivity contribution in [3.63, 3.8) is 0 Å². The molecule has 5 rings (SSSR count). The minimum absolute atomic E-state index is 0.00246. The van der Waals surface area contributed by atoms with Gasteiger partial charge in [0.05, 0.1) is 23.3 Å². The lowest BCUT2D eigenvalue weighted by Gasteiger charge is -2.13. The number of nitrogens with zero attached hydrogens (tertiary/aromatic N) is 6. The van der Waals surface area contributed by atoms with Crippen LogP contribution in [0.1, 0.15) is 30.9 Å². The van der Waals surface area contributed by atoms with E-state index >= 15 is 0 Å². The Balaban J connectivity index is 1.70. The fourth-order valence-electron chi connectivity index (χ4n) is 4.21. The number of fused-ring (bicyclic) bond motifs is 1. The molecule has 1 aromatic carbocycles. The summed E-state index contributed by atoms with van der Waals surface area (Å²) in [5, 5.41) is 13.9. The van der Waals surface area contributed by atoms with Crippen LogP contribution in [0, 0.1) is 17.1 Å². The fourth-order valence-corrected chi connectivity index (χ4v) is 4.21. The van der Waals surface area contributed by atoms with E-state index in [-0.39, 0.29) is 17.6 Å². The summed E-state index contributed by atoms with van der Waals surface area (Å²) in [7, 11) is 1.80. The molecule has 0 amide bonds. The number of hydrogen-bond acceptors (Lipinski definition) is 6. The molecule has 8 nitrogen and oxygen atoms in total. The lowest BCUT2D eigenvalue weighted by atomic mass is 10.0. The number of rotatable bonds is 4. The predicted octanol–water partition coefficient (Wildman–Crippen LogP) is 3.69. The molecular formula is C22H20FN7O. The average molecular weight is 417 g/mol. The highest BCUT2D eigenvalue weighted by atomic mass is 19.1. The standard InChI is InChI=1S/C22H20FN7O/c1-29-10-17(9-28-29)31-22-20-18(13-2-3-14(8-24)19(23)6-13)11-30(21(20)26-12-27-22)16-5-4-15(25)7-16/h2-3,6,9-12,15-16H,4-5,7,25H2,1H3/t15-,16-/m0/s1. The molecule has 2 N–H and O–H groups in total. The van der Waals surface area contributed by atoms with Crippen molar-refractivity contribution in [2.45, 2.75) is 31.3 Å². The van der Waals surface area contributed by atoms with Gasteiger partial charge in [0, 0.05) is 30.9 Å². The number of benzene rings is 1. The monoisotopic (exact) mass is 417 g/mol. The van der Waals surface area contributed by atoms with E-state index in [1.165, 1.54) is 18.5 Å². The van der Waals surface area contributed by atoms with Gasteiger partial charge in [0.1, 0.15) is 23.9 Å². The number of halogens is 1. The molecule has 9 heteroatoms. The molecule has 0 saturated heterocycles. The maximum Gasteiger partial charge on any atom is 0.232 e. The van der Waals surface area contributed by atoms with Gasteiger partial charge >= 0.3 is 0 Å². The van der Waals surface area contributed by atoms with E-state index in [0.29, 0.717) is 28.2 Å². The molecule has 0 spiro atoms. The van der Waals surface area contributed by atoms with Crippen molar-refractivity contribution in [1.82, 2.24) is 24.3 Å². The third kappa shape index (κ3) is 3.41. The molecule has 0 radical (unpaired) electrons. The Morgan fingerprint density at radius 2 is 2.13 bits per heavy atom. The van der Waals surface area contributed by atoms with Crippen LogP contribution in [-0.4, -0.2) is 30.4 Å². The first-order valence-electron chi connectivity index (χ1n) is 10.0. The van der Waals surface area contributed by atoms with E-state index in [1.54, 1.807) is 30.2 Å². The Bertz CT molecular complexity index is 1320. The van der Waals surface area contributed by atoms with E-state index < -0.39 is 5.82 Å². The van der Waals surface area contributed by atoms with Crippen LogP contribution in [0.2, 0.25) is 0 Å². The van der Waals surface area contributed by atoms with E-state index in [1.807, 2.05) is 12.3 Å². The summed E-state index contributed by atoms with van der Waals surface area (Å²) < 4.78 is 24.2. The molecule has 1 saturated carbocycles. The first-order valence-corrected chi connectivity index (χ1v) is 10.0. The molecule has 3 heterocycles. The maximum atomic E-state index is 14.4. The van der Waals surface area contributed by atoms with Crippen LogP contribution in [-0.2, 0) is 7.05 Å². The number of aryl methyl sites for hydroxylation is 1. The molecular weight excluding hydrogens is 397 g/mol. The minimum Gasteiger partial charge on any atom is -0.435 e. The second kappa shape index (κ2) is 7.49. The van der Waals surface area contributed by atoms with Crippen LogP contribution in [0.15, 0.2) is 43.1 Å². The molecule has 0 unspecified atom stereocenters. The summed E-state index contributed by atoms with van der Waals surface area (Å²) in [5.74, 6) is 0.323. The molecule has 4 aromatic rings. The van der Waals surface area contributed by atoms with Gasteiger partial charge in [0.2, 0.25) is 5.88 Å². The van der Waals surface area contributed by atoms with Crippen LogP contribution >= 0.6 is 0 Å². The highest BCUT2D eigenvalue weighted by molar-refractivity contribution is 5.98. The SMILES string of the molecule is Cn1cc(Oc2ncnc3c2c(-c2ccc(C#N)c(F)c2)cn3[C@H]2CC[C@H](N)C2)cn1. The van der Waals surface area contributed by atoms with E-state index in [4.69, 9.17) is 15.7 Å². The second-order valence-electron chi connectivity index (χ2n) is 7.81. The van der Waals surface area contributed by atoms with E-state index in [0.717, 1.165) is 24.8 Å². The molecule has 0 bridgehead atoms. The number of aromatic nitrogens is 5. The van der Waals surface area contributed by atoms with Gasteiger partial charge in [-0.3, -0.25) is 4.68 Å². The van der Waals surface area contributed by atoms with Crippen molar-refractivity contribution in [3.8, 4) is 28.8 Å². The average Bonchev–Trinajstić information content (AvgIpc) is 3.47. The summed E-state index contributed by atoms with van der Waals surface area (Å²) in [5.41, 5.74) is 8.20. The third-order valence-corrected chi connectivity index (χ3v) is 5.71. The van der Waals surface area contributed by atoms with Gasteiger partial charge in [-0.05, 0) is 37.0 Å². The molecule has 31 heavy (non-hydrogen) atoms. The normalized spacial score (nSPS) is 18.4. The highest BCUT2D eigenvalue weighted by Gasteiger charge is 2.27. The van der Waals surface area contributed by atoms with Gasteiger partial charge in [0.25, 0.3) is 0 Å². The van der Waals surface area contributed by atoms with Gasteiger partial charge in [-0.15, -0.1) is 0 Å². The zero-order valence-electron chi connectivity index (χ0n) is 16.9. The fraction of sp³-hybridized carbons (Fsp3) is 0.273. The van der Waals surface area contributed by atoms with Crippen LogP contribution in [0.25, 0.3) is 22.2 Å². The lowest BCUT2D eigenvalue weighted by molar-refractivity contribution is 0.467. The van der Waals surface area contributed by atoms with Gasteiger partial charge in [-0.25, -0.2) is 14.4 Å². The van der Waals surface area contributed by atoms with Gasteiger partial charge < -0.3 is 15.0 Å². The molecule has 1 aliphatic rings. The summed E-state index contributed by atoms with van der Waals surface area (Å²) >= 11 is 0. The van der Waals surface area contributed by atoms with Gasteiger partial charge in [-0.1, -0.05) is 6.07 Å². The Morgan fingerprint density at radius 3 is 2.81 bits per heavy atom. The number of nitrogens with two attached hydrogens (primary N) is 1. The Kier molecular flexibility index (Phi) is 4.64. The Hall–Kier alpha value is -3.77. The molecule has 1 aliphatic carbocycles. The maximum absolute atomic E-state index is 14.4. The summed E-state index contributed by atoms with van der Waals surface area (Å²) in [6.07, 6.45) is 9.48. The Morgan fingerprint density at radius 1 is 1.26 bits per heavy atom. The largest absolute Gasteiger partial charge is 0.435 e. The quantitative estimate of drug-likeness (QED) is 0.543. The van der Waals surface area contributed by atoms with Gasteiger partial charge in [0.15, 0.2) is 5.75 Å². The smallest absolute Gasteiger partial charge is 0.232 e. The Labute approximate surface area is 177 Å². The predicted molar refractivity (Wildman–Crippen MR) is 112 cm³/mol. The van der Waals surface area contributed by atoms with Crippen LogP contribution in [0.4, 0.5) is 4.39 Å². The summed E-state index contributed by atoms with van der Waals surface area (Å²) in [4.78, 5) is 8.88. The molecule has 156 valence electrons. The number of hydrogen-bond donors (Lipinski definition) is 1. The second-order valence-corrected chi connectivity index (χ2v) is 7.81. The summed E-state index contributed by atoms with van der Waals surface area (Å²) in [6, 6.07) is 6.76. The zero-order valence-corrected chi connectivity index (χ0v) is 16.9. The van der Waals surface area contributed by atoms with Crippen molar-refractivity contribution in [2.75, 3.05) is 0 Å². The lowest BCUT2D eigenvalue weighted by Crippen LogP contribution is -2.15. The minimum atomic E-state index is -0.574. The molecule has 0 aliphatic heterocycles. The first kappa shape index (κ1) is 19.2. The topological polar surface area (TPSA) is 108 Å². The molecule has 2 atom stereocenters. The molecule has 1 fully saturated rings. The van der Waals surface area contributed by atoms with Crippen molar-refractivity contribution < 1.29 is 9.13 Å². The first-order chi connectivity index (χ1) is 15.0. The zero-order chi connectivity index (χ0) is 21.5. The highest BCUT2D eigenvalue weighted by Crippen LogP contribution is 2.41. The van der Waals surface area contributed by atoms with Crippen molar-refractivity contribution in [2.24, 2.45) is 12.8 Å². The van der Waals surface area contributed by atoms with E-state index in [9.17, 15) is 4.39 Å². The summed E-state index contributed by atoms with van der Waals surface area (Å²) in [6.45, 7) is 0. The van der Waals surface area contributed by atoms with Crippen molar-refractivity contribution in [1.29, 1.82) is 5.26 Å². The van der Waals surface area contributed by atoms with Crippen LogP contribution < -0.4 is 10.5 Å². The number of nitriles is 1. The van der Waals surface area contributed by atoms with Crippen molar-refractivity contribution >= 4 is 11.0 Å². The van der Waals surface area contributed by atoms with Gasteiger partial charge in [-0.2, -0.15) is 10.4 Å².